The van der Waals surface area contributed by atoms with Gasteiger partial charge in [0.25, 0.3) is 0 Å². The molecule has 0 unspecified atom stereocenters. The van der Waals surface area contributed by atoms with Crippen LogP contribution in [0.2, 0.25) is 0 Å². The van der Waals surface area contributed by atoms with Crippen LogP contribution in [0, 0.1) is 11.8 Å². The van der Waals surface area contributed by atoms with Crippen molar-refractivity contribution in [3.63, 3.8) is 0 Å². The summed E-state index contributed by atoms with van der Waals surface area (Å²) < 4.78 is 57.5. The molecule has 41 heavy (non-hydrogen) atoms. The van der Waals surface area contributed by atoms with Crippen LogP contribution >= 0.6 is 0 Å². The van der Waals surface area contributed by atoms with Crippen molar-refractivity contribution in [2.75, 3.05) is 27.2 Å². The van der Waals surface area contributed by atoms with E-state index in [1.807, 2.05) is 0 Å². The zero-order valence-electron chi connectivity index (χ0n) is 25.7. The van der Waals surface area contributed by atoms with Gasteiger partial charge in [0, 0.05) is 42.2 Å². The minimum atomic E-state index is -5.84. The molecule has 0 bridgehead atoms. The van der Waals surface area contributed by atoms with Gasteiger partial charge in [0.15, 0.2) is 0 Å². The van der Waals surface area contributed by atoms with Crippen LogP contribution in [-0.4, -0.2) is 67.5 Å². The molecule has 4 fully saturated rings. The van der Waals surface area contributed by atoms with Crippen LogP contribution in [0.15, 0.2) is 0 Å². The molecular formula is C29H57CuF3Fe2N2O3S+4. The minimum absolute atomic E-state index is 0. The Labute approximate surface area is 281 Å². The summed E-state index contributed by atoms with van der Waals surface area (Å²) in [6.07, 6.45) is 26.7. The van der Waals surface area contributed by atoms with E-state index in [1.54, 1.807) is 0 Å². The first-order valence-electron chi connectivity index (χ1n) is 15.3. The van der Waals surface area contributed by atoms with Crippen LogP contribution in [-0.2, 0) is 61.3 Å². The van der Waals surface area contributed by atoms with Crippen molar-refractivity contribution in [2.45, 2.75) is 147 Å². The van der Waals surface area contributed by atoms with Gasteiger partial charge in [-0.05, 0) is 65.5 Å². The van der Waals surface area contributed by atoms with Crippen LogP contribution in [0.5, 0.6) is 0 Å². The molecule has 1 radical (unpaired) electrons. The zero-order valence-corrected chi connectivity index (χ0v) is 29.6. The van der Waals surface area contributed by atoms with Gasteiger partial charge in [-0.2, -0.15) is 21.6 Å². The number of rotatable bonds is 7. The molecule has 0 saturated heterocycles. The van der Waals surface area contributed by atoms with Gasteiger partial charge in [0.1, 0.15) is 0 Å². The van der Waals surface area contributed by atoms with Gasteiger partial charge < -0.3 is 9.80 Å². The summed E-state index contributed by atoms with van der Waals surface area (Å²) in [5, 5.41) is 0. The summed E-state index contributed by atoms with van der Waals surface area (Å²) in [5.74, 6) is 1.91. The van der Waals surface area contributed by atoms with Gasteiger partial charge in [-0.25, -0.2) is 0 Å². The third-order valence-corrected chi connectivity index (χ3v) is 9.74. The number of likely N-dealkylation sites (N-methyl/N-ethyl adjacent to an activating group) is 2. The van der Waals surface area contributed by atoms with E-state index in [-0.39, 0.29) is 51.2 Å². The van der Waals surface area contributed by atoms with E-state index < -0.39 is 15.6 Å². The van der Waals surface area contributed by atoms with Gasteiger partial charge >= 0.3 is 49.8 Å². The van der Waals surface area contributed by atoms with Crippen LogP contribution in [0.4, 0.5) is 13.2 Å². The van der Waals surface area contributed by atoms with E-state index >= 15 is 0 Å². The Bertz CT molecular complexity index is 651. The fourth-order valence-electron chi connectivity index (χ4n) is 6.09. The number of halogens is 3. The Hall–Kier alpha value is 1.18. The molecule has 5 nitrogen and oxygen atoms in total. The Morgan fingerprint density at radius 3 is 1.00 bits per heavy atom. The molecule has 4 saturated carbocycles. The molecule has 0 spiro atoms. The van der Waals surface area contributed by atoms with Gasteiger partial charge in [-0.15, -0.1) is 0 Å². The fourth-order valence-corrected chi connectivity index (χ4v) is 6.09. The maximum atomic E-state index is 10.7. The summed E-state index contributed by atoms with van der Waals surface area (Å²) >= 11 is 0. The summed E-state index contributed by atoms with van der Waals surface area (Å²) in [5.41, 5.74) is -5.53. The molecule has 0 aromatic heterocycles. The topological polar surface area (TPSA) is 60.9 Å². The largest absolute Gasteiger partial charge is 2.00 e. The summed E-state index contributed by atoms with van der Waals surface area (Å²) in [7, 11) is -1.18. The summed E-state index contributed by atoms with van der Waals surface area (Å²) in [6.45, 7) is 7.34. The van der Waals surface area contributed by atoms with Crippen LogP contribution < -0.4 is 0 Å². The summed E-state index contributed by atoms with van der Waals surface area (Å²) in [6, 6.07) is 1.54. The molecule has 251 valence electrons. The molecule has 0 aliphatic heterocycles. The molecule has 0 heterocycles. The average molecular weight is 746 g/mol. The Kier molecular flexibility index (Phi) is 28.8. The van der Waals surface area contributed by atoms with Crippen molar-refractivity contribution in [3.05, 3.63) is 0 Å². The standard InChI is InChI=1S/C18H36N2.2C5H10.CHF3O3S.Cu.2Fe/c1-15(17-9-5-6-10-17)19(3)13-14-20(4)16(2)18-11-7-8-12-18;2*1-2-4-5-3-1;2-1(3,4)8(5,6)7;;;/h15-18H,5-14H2,1-4H3;2*1-5H2;(H,5,6,7);;;/q;;;;;2*+2/t15-,16-;;;;;;/m1....../s1. The SMILES string of the molecule is C1CCCC1.C1CCCC1.C[C@H](C1CCCC1)N(C)CCN(C)[C@H](C)C1CCCC1.O=S(=O)(O)C(F)(F)F.[Cu].[Fe+2].[Fe+2]. The first kappa shape index (κ1) is 46.6. The van der Waals surface area contributed by atoms with E-state index in [0.29, 0.717) is 0 Å². The smallest absolute Gasteiger partial charge is 0.302 e. The van der Waals surface area contributed by atoms with E-state index in [9.17, 15) is 13.2 Å². The first-order valence-corrected chi connectivity index (χ1v) is 16.7. The normalized spacial score (nSPS) is 20.7. The van der Waals surface area contributed by atoms with Gasteiger partial charge in [-0.3, -0.25) is 4.55 Å². The van der Waals surface area contributed by atoms with Crippen molar-refractivity contribution < 1.29 is 77.3 Å². The molecule has 1 N–H and O–H groups in total. The second-order valence-electron chi connectivity index (χ2n) is 12.0. The molecule has 4 aliphatic rings. The second-order valence-corrected chi connectivity index (χ2v) is 13.4. The van der Waals surface area contributed by atoms with E-state index in [2.05, 4.69) is 37.7 Å². The van der Waals surface area contributed by atoms with E-state index in [0.717, 1.165) is 23.9 Å². The molecule has 0 aromatic carbocycles. The van der Waals surface area contributed by atoms with Gasteiger partial charge in [0.05, 0.1) is 0 Å². The number of nitrogens with zero attached hydrogens (tertiary/aromatic N) is 2. The Balaban J connectivity index is -0.000000566. The van der Waals surface area contributed by atoms with Crippen LogP contribution in [0.3, 0.4) is 0 Å². The quantitative estimate of drug-likeness (QED) is 0.162. The minimum Gasteiger partial charge on any atom is -0.302 e. The molecule has 12 heteroatoms. The predicted molar refractivity (Wildman–Crippen MR) is 152 cm³/mol. The molecule has 4 rings (SSSR count). The van der Waals surface area contributed by atoms with E-state index in [1.165, 1.54) is 129 Å². The van der Waals surface area contributed by atoms with Crippen molar-refractivity contribution >= 4 is 10.1 Å². The van der Waals surface area contributed by atoms with E-state index in [4.69, 9.17) is 13.0 Å². The van der Waals surface area contributed by atoms with Gasteiger partial charge in [0.2, 0.25) is 0 Å². The third-order valence-electron chi connectivity index (χ3n) is 9.15. The predicted octanol–water partition coefficient (Wildman–Crippen LogP) is 8.29. The fraction of sp³-hybridized carbons (Fsp3) is 1.00. The Morgan fingerprint density at radius 2 is 0.829 bits per heavy atom. The molecular weight excluding hydrogens is 689 g/mol. The van der Waals surface area contributed by atoms with Crippen molar-refractivity contribution in [3.8, 4) is 0 Å². The van der Waals surface area contributed by atoms with Crippen molar-refractivity contribution in [1.29, 1.82) is 0 Å². The average Bonchev–Trinajstić information content (AvgIpc) is 3.70. The first-order chi connectivity index (χ1) is 17.8. The molecule has 2 atom stereocenters. The Morgan fingerprint density at radius 1 is 0.634 bits per heavy atom. The molecule has 0 amide bonds. The molecule has 4 aliphatic carbocycles. The monoisotopic (exact) mass is 745 g/mol. The van der Waals surface area contributed by atoms with Gasteiger partial charge in [-0.1, -0.05) is 89.9 Å². The van der Waals surface area contributed by atoms with Crippen LogP contribution in [0.1, 0.15) is 129 Å². The summed E-state index contributed by atoms with van der Waals surface area (Å²) in [4.78, 5) is 5.21. The third kappa shape index (κ3) is 20.8. The molecule has 0 aromatic rings. The maximum Gasteiger partial charge on any atom is 2.00 e. The van der Waals surface area contributed by atoms with Crippen molar-refractivity contribution in [2.24, 2.45) is 11.8 Å². The van der Waals surface area contributed by atoms with Crippen molar-refractivity contribution in [1.82, 2.24) is 9.80 Å². The van der Waals surface area contributed by atoms with Crippen LogP contribution in [0.25, 0.3) is 0 Å². The number of hydrogen-bond donors (Lipinski definition) is 1. The maximum absolute atomic E-state index is 10.7. The number of alkyl halides is 3. The zero-order chi connectivity index (χ0) is 28.6. The second kappa shape index (κ2) is 25.4. The number of hydrogen-bond acceptors (Lipinski definition) is 4.